The Morgan fingerprint density at radius 1 is 0.583 bits per heavy atom. The molecule has 0 aliphatic heterocycles. The second-order valence-corrected chi connectivity index (χ2v) is 22.2. The molecule has 0 radical (unpaired) electrons. The average molecular weight is 517 g/mol. The topological polar surface area (TPSA) is 24.1 Å². The van der Waals surface area contributed by atoms with Crippen LogP contribution in [0.3, 0.4) is 0 Å². The summed E-state index contributed by atoms with van der Waals surface area (Å²) in [4.78, 5) is 8.02. The Balaban J connectivity index is 1.60. The first-order valence-electron chi connectivity index (χ1n) is 13.8. The SMILES string of the molecule is CC(C)(C)N[Si](C)(C)C1=CC(CCC2C=C([Si](C)(C)NC(C)(C)C)c3ccccc32)c2ccccc21. The molecule has 0 aromatic heterocycles. The minimum absolute atomic E-state index is 0.121. The van der Waals surface area contributed by atoms with Gasteiger partial charge >= 0.3 is 0 Å². The van der Waals surface area contributed by atoms with E-state index in [1.807, 2.05) is 0 Å². The number of allylic oxidation sites excluding steroid dienone is 2. The molecule has 0 spiro atoms. The number of hydrogen-bond acceptors (Lipinski definition) is 2. The monoisotopic (exact) mass is 516 g/mol. The Hall–Kier alpha value is -1.73. The zero-order valence-electron chi connectivity index (χ0n) is 24.3. The van der Waals surface area contributed by atoms with Crippen molar-refractivity contribution in [2.45, 2.75) is 103 Å². The molecule has 36 heavy (non-hydrogen) atoms. The molecule has 2 nitrogen and oxygen atoms in total. The van der Waals surface area contributed by atoms with Crippen LogP contribution in [0.25, 0.3) is 10.4 Å². The van der Waals surface area contributed by atoms with Gasteiger partial charge in [0, 0.05) is 22.9 Å². The quantitative estimate of drug-likeness (QED) is 0.361. The minimum Gasteiger partial charge on any atom is -0.329 e. The fourth-order valence-corrected chi connectivity index (χ4v) is 13.9. The van der Waals surface area contributed by atoms with Crippen molar-refractivity contribution < 1.29 is 0 Å². The Bertz CT molecular complexity index is 1080. The molecule has 2 aromatic carbocycles. The zero-order valence-corrected chi connectivity index (χ0v) is 26.3. The van der Waals surface area contributed by atoms with Crippen molar-refractivity contribution in [2.75, 3.05) is 0 Å². The fraction of sp³-hybridized carbons (Fsp3) is 0.500. The lowest BCUT2D eigenvalue weighted by molar-refractivity contribution is 0.515. The van der Waals surface area contributed by atoms with Crippen LogP contribution in [0.1, 0.15) is 88.5 Å². The zero-order chi connectivity index (χ0) is 26.5. The van der Waals surface area contributed by atoms with Gasteiger partial charge in [0.25, 0.3) is 0 Å². The molecule has 0 saturated heterocycles. The summed E-state index contributed by atoms with van der Waals surface area (Å²) in [6.45, 7) is 23.6. The Morgan fingerprint density at radius 3 is 1.25 bits per heavy atom. The smallest absolute Gasteiger partial charge is 0.152 e. The van der Waals surface area contributed by atoms with Crippen LogP contribution in [0.15, 0.2) is 60.7 Å². The van der Waals surface area contributed by atoms with Gasteiger partial charge in [-0.05, 0) is 87.0 Å². The molecular formula is C32H48N2Si2. The van der Waals surface area contributed by atoms with Gasteiger partial charge in [0.2, 0.25) is 0 Å². The number of benzene rings is 2. The maximum absolute atomic E-state index is 4.01. The summed E-state index contributed by atoms with van der Waals surface area (Å²) in [6.07, 6.45) is 7.64. The van der Waals surface area contributed by atoms with Crippen LogP contribution in [0.5, 0.6) is 0 Å². The van der Waals surface area contributed by atoms with Crippen LogP contribution < -0.4 is 9.96 Å². The Morgan fingerprint density at radius 2 is 0.917 bits per heavy atom. The molecule has 2 aromatic rings. The van der Waals surface area contributed by atoms with Gasteiger partial charge in [-0.15, -0.1) is 0 Å². The van der Waals surface area contributed by atoms with Crippen molar-refractivity contribution in [3.63, 3.8) is 0 Å². The van der Waals surface area contributed by atoms with Crippen molar-refractivity contribution in [1.29, 1.82) is 0 Å². The third-order valence-electron chi connectivity index (χ3n) is 7.55. The number of fused-ring (bicyclic) bond motifs is 2. The van der Waals surface area contributed by atoms with E-state index in [0.29, 0.717) is 11.8 Å². The van der Waals surface area contributed by atoms with E-state index >= 15 is 0 Å². The average Bonchev–Trinajstić information content (AvgIpc) is 3.28. The molecule has 194 valence electrons. The Kier molecular flexibility index (Phi) is 7.24. The van der Waals surface area contributed by atoms with Gasteiger partial charge in [0.05, 0.1) is 0 Å². The second-order valence-electron chi connectivity index (χ2n) is 14.1. The molecule has 2 N–H and O–H groups in total. The van der Waals surface area contributed by atoms with Gasteiger partial charge in [-0.3, -0.25) is 0 Å². The fourth-order valence-electron chi connectivity index (χ4n) is 6.83. The number of rotatable bonds is 7. The molecule has 0 fully saturated rings. The normalized spacial score (nSPS) is 20.2. The third kappa shape index (κ3) is 5.88. The van der Waals surface area contributed by atoms with Crippen LogP contribution in [0.2, 0.25) is 26.2 Å². The van der Waals surface area contributed by atoms with Crippen LogP contribution in [0.4, 0.5) is 0 Å². The van der Waals surface area contributed by atoms with Crippen LogP contribution >= 0.6 is 0 Å². The summed E-state index contributed by atoms with van der Waals surface area (Å²) in [7, 11) is -3.56. The molecule has 2 unspecified atom stereocenters. The molecule has 4 heteroatoms. The van der Waals surface area contributed by atoms with Crippen molar-refractivity contribution in [2.24, 2.45) is 0 Å². The predicted molar refractivity (Wildman–Crippen MR) is 164 cm³/mol. The summed E-state index contributed by atoms with van der Waals surface area (Å²) < 4.78 is 0. The minimum atomic E-state index is -1.78. The third-order valence-corrected chi connectivity index (χ3v) is 13.9. The first-order chi connectivity index (χ1) is 16.6. The highest BCUT2D eigenvalue weighted by Crippen LogP contribution is 2.46. The first kappa shape index (κ1) is 27.3. The van der Waals surface area contributed by atoms with Crippen molar-refractivity contribution in [3.05, 3.63) is 82.9 Å². The highest BCUT2D eigenvalue weighted by molar-refractivity contribution is 6.93. The molecular weight excluding hydrogens is 469 g/mol. The van der Waals surface area contributed by atoms with E-state index in [1.165, 1.54) is 35.1 Å². The summed E-state index contributed by atoms with van der Waals surface area (Å²) in [5.41, 5.74) is 6.28. The molecule has 2 aliphatic carbocycles. The van der Waals surface area contributed by atoms with Gasteiger partial charge in [0.15, 0.2) is 16.5 Å². The molecule has 0 saturated carbocycles. The van der Waals surface area contributed by atoms with E-state index in [9.17, 15) is 0 Å². The summed E-state index contributed by atoms with van der Waals surface area (Å²) >= 11 is 0. The summed E-state index contributed by atoms with van der Waals surface area (Å²) in [5, 5.41) is 3.17. The van der Waals surface area contributed by atoms with Gasteiger partial charge in [-0.25, -0.2) is 0 Å². The number of hydrogen-bond donors (Lipinski definition) is 2. The van der Waals surface area contributed by atoms with E-state index in [-0.39, 0.29) is 11.1 Å². The largest absolute Gasteiger partial charge is 0.329 e. The highest BCUT2D eigenvalue weighted by atomic mass is 28.3. The molecule has 0 bridgehead atoms. The lowest BCUT2D eigenvalue weighted by Crippen LogP contribution is -2.55. The van der Waals surface area contributed by atoms with Crippen molar-refractivity contribution in [3.8, 4) is 0 Å². The highest BCUT2D eigenvalue weighted by Gasteiger charge is 2.39. The van der Waals surface area contributed by atoms with Gasteiger partial charge < -0.3 is 9.96 Å². The summed E-state index contributed by atoms with van der Waals surface area (Å²) in [6, 6.07) is 18.3. The van der Waals surface area contributed by atoms with E-state index in [0.717, 1.165) is 0 Å². The van der Waals surface area contributed by atoms with E-state index < -0.39 is 16.5 Å². The van der Waals surface area contributed by atoms with E-state index in [2.05, 4.69) is 138 Å². The van der Waals surface area contributed by atoms with Gasteiger partial charge in [-0.1, -0.05) is 86.9 Å². The van der Waals surface area contributed by atoms with Crippen LogP contribution in [0, 0.1) is 0 Å². The van der Waals surface area contributed by atoms with E-state index in [4.69, 9.17) is 0 Å². The Labute approximate surface area is 222 Å². The van der Waals surface area contributed by atoms with Crippen molar-refractivity contribution in [1.82, 2.24) is 9.96 Å². The lowest BCUT2D eigenvalue weighted by atomic mass is 9.89. The molecule has 2 atom stereocenters. The second kappa shape index (κ2) is 9.54. The standard InChI is InChI=1S/C32H48N2Si2/c1-31(2,3)33-35(7,8)29-21-23(25-15-11-13-17-27(25)29)19-20-24-22-30(28-18-14-12-16-26(24)28)36(9,10)34-32(4,5)6/h11-18,21-24,33-34H,19-20H2,1-10H3. The number of nitrogens with one attached hydrogen (secondary N) is 2. The first-order valence-corrected chi connectivity index (χ1v) is 19.8. The van der Waals surface area contributed by atoms with Crippen LogP contribution in [-0.4, -0.2) is 27.5 Å². The van der Waals surface area contributed by atoms with Crippen LogP contribution in [-0.2, 0) is 0 Å². The molecule has 0 amide bonds. The van der Waals surface area contributed by atoms with Gasteiger partial charge in [0.1, 0.15) is 0 Å². The maximum Gasteiger partial charge on any atom is 0.152 e. The maximum atomic E-state index is 4.01. The van der Waals surface area contributed by atoms with Gasteiger partial charge in [-0.2, -0.15) is 0 Å². The molecule has 0 heterocycles. The van der Waals surface area contributed by atoms with E-state index in [1.54, 1.807) is 10.4 Å². The predicted octanol–water partition coefficient (Wildman–Crippen LogP) is 8.39. The summed E-state index contributed by atoms with van der Waals surface area (Å²) in [5.74, 6) is 1.01. The molecule has 2 aliphatic rings. The molecule has 4 rings (SSSR count). The van der Waals surface area contributed by atoms with Crippen molar-refractivity contribution >= 4 is 26.9 Å². The lowest BCUT2D eigenvalue weighted by Gasteiger charge is -2.34.